The second-order valence-electron chi connectivity index (χ2n) is 7.24. The molecule has 5 heteroatoms. The van der Waals surface area contributed by atoms with Crippen LogP contribution in [-0.4, -0.2) is 19.8 Å². The average molecular weight is 429 g/mol. The monoisotopic (exact) mass is 428 g/mol. The normalized spacial score (nSPS) is 14.4. The van der Waals surface area contributed by atoms with Crippen molar-refractivity contribution in [1.82, 2.24) is 0 Å². The van der Waals surface area contributed by atoms with Gasteiger partial charge in [-0.1, -0.05) is 95.8 Å². The van der Waals surface area contributed by atoms with Gasteiger partial charge in [0.2, 0.25) is 0 Å². The molecule has 0 aromatic rings. The van der Waals surface area contributed by atoms with Crippen molar-refractivity contribution < 1.29 is 18.1 Å². The van der Waals surface area contributed by atoms with Gasteiger partial charge in [-0.3, -0.25) is 13.6 Å². The minimum atomic E-state index is -3.56. The van der Waals surface area contributed by atoms with Crippen molar-refractivity contribution >= 4 is 7.82 Å². The molecule has 0 rings (SSSR count). The lowest BCUT2D eigenvalue weighted by atomic mass is 10.2. The highest BCUT2D eigenvalue weighted by molar-refractivity contribution is 7.48. The van der Waals surface area contributed by atoms with E-state index in [0.717, 1.165) is 19.3 Å². The summed E-state index contributed by atoms with van der Waals surface area (Å²) in [6.45, 7) is 7.29. The molecule has 4 nitrogen and oxygen atoms in total. The summed E-state index contributed by atoms with van der Waals surface area (Å²) < 4.78 is 29.3. The fourth-order valence-corrected chi connectivity index (χ4v) is 3.64. The van der Waals surface area contributed by atoms with Gasteiger partial charge in [0, 0.05) is 0 Å². The van der Waals surface area contributed by atoms with Crippen molar-refractivity contribution in [3.63, 3.8) is 0 Å². The van der Waals surface area contributed by atoms with Gasteiger partial charge in [-0.15, -0.1) is 0 Å². The number of hydrogen-bond acceptors (Lipinski definition) is 4. The summed E-state index contributed by atoms with van der Waals surface area (Å²) in [6.07, 6.45) is 25.8. The van der Waals surface area contributed by atoms with Gasteiger partial charge in [0.1, 0.15) is 0 Å². The molecule has 170 valence electrons. The topological polar surface area (TPSA) is 44.8 Å². The molecule has 0 fully saturated rings. The SMILES string of the molecule is CCCCCC=CCOP(=O)(OCC=CCCCCC)OCC=CCCCCC. The van der Waals surface area contributed by atoms with E-state index in [1.807, 2.05) is 18.2 Å². The molecule has 0 unspecified atom stereocenters. The summed E-state index contributed by atoms with van der Waals surface area (Å²) in [7, 11) is -3.56. The highest BCUT2D eigenvalue weighted by Crippen LogP contribution is 2.49. The Kier molecular flexibility index (Phi) is 21.5. The zero-order valence-corrected chi connectivity index (χ0v) is 20.0. The first-order valence-electron chi connectivity index (χ1n) is 11.7. The van der Waals surface area contributed by atoms with Crippen LogP contribution >= 0.6 is 7.82 Å². The Labute approximate surface area is 180 Å². The molecule has 29 heavy (non-hydrogen) atoms. The third-order valence-electron chi connectivity index (χ3n) is 4.41. The van der Waals surface area contributed by atoms with Crippen LogP contribution in [0.4, 0.5) is 0 Å². The molecule has 0 heterocycles. The van der Waals surface area contributed by atoms with E-state index >= 15 is 0 Å². The Morgan fingerprint density at radius 2 is 0.828 bits per heavy atom. The first kappa shape index (κ1) is 28.3. The zero-order valence-electron chi connectivity index (χ0n) is 19.2. The Morgan fingerprint density at radius 1 is 0.517 bits per heavy atom. The Balaban J connectivity index is 4.35. The predicted octanol–water partition coefficient (Wildman–Crippen LogP) is 8.55. The molecule has 0 amide bonds. The van der Waals surface area contributed by atoms with E-state index < -0.39 is 7.82 Å². The van der Waals surface area contributed by atoms with Crippen molar-refractivity contribution in [3.8, 4) is 0 Å². The van der Waals surface area contributed by atoms with Crippen LogP contribution in [0.25, 0.3) is 0 Å². The van der Waals surface area contributed by atoms with Crippen LogP contribution in [0.3, 0.4) is 0 Å². The molecule has 0 atom stereocenters. The average Bonchev–Trinajstić information content (AvgIpc) is 2.72. The molecule has 0 saturated heterocycles. The third kappa shape index (κ3) is 20.4. The minimum Gasteiger partial charge on any atom is -0.283 e. The molecule has 0 N–H and O–H groups in total. The highest BCUT2D eigenvalue weighted by atomic mass is 31.2. The summed E-state index contributed by atoms with van der Waals surface area (Å²) in [5.74, 6) is 0. The van der Waals surface area contributed by atoms with Gasteiger partial charge in [-0.25, -0.2) is 4.57 Å². The number of rotatable bonds is 21. The minimum absolute atomic E-state index is 0.240. The standard InChI is InChI=1S/C24H45O4P/c1-4-7-10-13-16-19-22-26-29(25,27-23-20-17-14-11-8-5-2)28-24-21-18-15-12-9-6-3/h16-21H,4-15,22-24H2,1-3H3. The quantitative estimate of drug-likeness (QED) is 0.104. The molecular weight excluding hydrogens is 383 g/mol. The summed E-state index contributed by atoms with van der Waals surface area (Å²) in [5, 5.41) is 0. The maximum absolute atomic E-state index is 12.9. The van der Waals surface area contributed by atoms with Crippen LogP contribution in [0.15, 0.2) is 36.5 Å². The molecule has 0 spiro atoms. The molecule has 0 radical (unpaired) electrons. The molecular formula is C24H45O4P. The number of phosphoric ester groups is 1. The van der Waals surface area contributed by atoms with Crippen LogP contribution in [0, 0.1) is 0 Å². The van der Waals surface area contributed by atoms with Gasteiger partial charge in [0.15, 0.2) is 0 Å². The van der Waals surface area contributed by atoms with E-state index in [9.17, 15) is 4.57 Å². The molecule has 0 aliphatic heterocycles. The molecule has 0 aliphatic rings. The third-order valence-corrected chi connectivity index (χ3v) is 5.81. The summed E-state index contributed by atoms with van der Waals surface area (Å²) >= 11 is 0. The predicted molar refractivity (Wildman–Crippen MR) is 125 cm³/mol. The second kappa shape index (κ2) is 22.0. The highest BCUT2D eigenvalue weighted by Gasteiger charge is 2.25. The Bertz CT molecular complexity index is 405. The van der Waals surface area contributed by atoms with Gasteiger partial charge in [0.05, 0.1) is 19.8 Å². The van der Waals surface area contributed by atoms with Crippen molar-refractivity contribution in [2.45, 2.75) is 97.8 Å². The number of unbranched alkanes of at least 4 members (excludes halogenated alkanes) is 9. The molecule has 0 aromatic heterocycles. The van der Waals surface area contributed by atoms with Crippen LogP contribution in [0.1, 0.15) is 97.8 Å². The smallest absolute Gasteiger partial charge is 0.283 e. The van der Waals surface area contributed by atoms with Gasteiger partial charge in [0.25, 0.3) is 0 Å². The maximum atomic E-state index is 12.9. The van der Waals surface area contributed by atoms with Crippen molar-refractivity contribution in [1.29, 1.82) is 0 Å². The van der Waals surface area contributed by atoms with E-state index in [2.05, 4.69) is 39.0 Å². The first-order valence-corrected chi connectivity index (χ1v) is 13.1. The summed E-state index contributed by atoms with van der Waals surface area (Å²) in [4.78, 5) is 0. The van der Waals surface area contributed by atoms with Crippen molar-refractivity contribution in [2.24, 2.45) is 0 Å². The molecule has 0 bridgehead atoms. The first-order chi connectivity index (χ1) is 14.2. The van der Waals surface area contributed by atoms with Crippen LogP contribution in [0.2, 0.25) is 0 Å². The Hall–Kier alpha value is -0.670. The van der Waals surface area contributed by atoms with Gasteiger partial charge in [-0.2, -0.15) is 0 Å². The zero-order chi connectivity index (χ0) is 21.5. The van der Waals surface area contributed by atoms with Crippen LogP contribution in [-0.2, 0) is 18.1 Å². The van der Waals surface area contributed by atoms with Gasteiger partial charge in [-0.05, 0) is 38.5 Å². The summed E-state index contributed by atoms with van der Waals surface area (Å²) in [6, 6.07) is 0. The van der Waals surface area contributed by atoms with Crippen LogP contribution in [0.5, 0.6) is 0 Å². The van der Waals surface area contributed by atoms with Gasteiger partial charge < -0.3 is 0 Å². The Morgan fingerprint density at radius 3 is 1.10 bits per heavy atom. The van der Waals surface area contributed by atoms with Crippen molar-refractivity contribution in [3.05, 3.63) is 36.5 Å². The van der Waals surface area contributed by atoms with E-state index in [0.29, 0.717) is 0 Å². The lowest BCUT2D eigenvalue weighted by molar-refractivity contribution is 0.141. The number of hydrogen-bond donors (Lipinski definition) is 0. The second-order valence-corrected chi connectivity index (χ2v) is 8.91. The van der Waals surface area contributed by atoms with Crippen LogP contribution < -0.4 is 0 Å². The van der Waals surface area contributed by atoms with E-state index in [1.165, 1.54) is 57.8 Å². The fraction of sp³-hybridized carbons (Fsp3) is 0.750. The van der Waals surface area contributed by atoms with E-state index in [4.69, 9.17) is 13.6 Å². The van der Waals surface area contributed by atoms with E-state index in [-0.39, 0.29) is 19.8 Å². The number of allylic oxidation sites excluding steroid dienone is 3. The molecule has 0 aliphatic carbocycles. The maximum Gasteiger partial charge on any atom is 0.475 e. The largest absolute Gasteiger partial charge is 0.475 e. The number of phosphoric acid groups is 1. The molecule has 0 aromatic carbocycles. The van der Waals surface area contributed by atoms with Crippen molar-refractivity contribution in [2.75, 3.05) is 19.8 Å². The fourth-order valence-electron chi connectivity index (χ4n) is 2.61. The lowest BCUT2D eigenvalue weighted by Gasteiger charge is -2.15. The van der Waals surface area contributed by atoms with Gasteiger partial charge >= 0.3 is 7.82 Å². The van der Waals surface area contributed by atoms with E-state index in [1.54, 1.807) is 0 Å². The molecule has 0 saturated carbocycles. The summed E-state index contributed by atoms with van der Waals surface area (Å²) in [5.41, 5.74) is 0. The lowest BCUT2D eigenvalue weighted by Crippen LogP contribution is -2.01.